The maximum absolute atomic E-state index is 13.8. The molecule has 1 aromatic carbocycles. The summed E-state index contributed by atoms with van der Waals surface area (Å²) in [6.45, 7) is 0. The molecule has 1 aliphatic carbocycles. The van der Waals surface area contributed by atoms with Gasteiger partial charge in [0.05, 0.1) is 28.5 Å². The second-order valence-corrected chi connectivity index (χ2v) is 8.33. The van der Waals surface area contributed by atoms with E-state index in [1.165, 1.54) is 13.3 Å². The summed E-state index contributed by atoms with van der Waals surface area (Å²) in [7, 11) is 1.23. The number of rotatable bonds is 4. The summed E-state index contributed by atoms with van der Waals surface area (Å²) in [5.74, 6) is 0.115. The molecule has 2 heterocycles. The van der Waals surface area contributed by atoms with E-state index in [0.29, 0.717) is 27.5 Å². The van der Waals surface area contributed by atoms with E-state index in [4.69, 9.17) is 5.73 Å². The molecule has 2 aromatic heterocycles. The number of hydrogen-bond acceptors (Lipinski definition) is 6. The van der Waals surface area contributed by atoms with Gasteiger partial charge < -0.3 is 20.8 Å². The highest BCUT2D eigenvalue weighted by atomic mass is 79.9. The van der Waals surface area contributed by atoms with Gasteiger partial charge in [0.1, 0.15) is 5.56 Å². The van der Waals surface area contributed by atoms with Crippen molar-refractivity contribution in [3.8, 4) is 11.3 Å². The second kappa shape index (κ2) is 8.58. The molecule has 1 saturated carbocycles. The topological polar surface area (TPSA) is 118 Å². The predicted octanol–water partition coefficient (Wildman–Crippen LogP) is 4.88. The van der Waals surface area contributed by atoms with E-state index in [9.17, 15) is 18.0 Å². The lowest BCUT2D eigenvalue weighted by atomic mass is 10.1. The quantitative estimate of drug-likeness (QED) is 0.395. The van der Waals surface area contributed by atoms with Crippen LogP contribution in [0.1, 0.15) is 24.8 Å². The van der Waals surface area contributed by atoms with Crippen LogP contribution >= 0.6 is 15.9 Å². The number of carbonyl (C=O) groups excluding carboxylic acids is 1. The van der Waals surface area contributed by atoms with E-state index in [1.807, 2.05) is 0 Å². The molecule has 0 bridgehead atoms. The van der Waals surface area contributed by atoms with Crippen molar-refractivity contribution in [2.24, 2.45) is 5.73 Å². The molecule has 0 radical (unpaired) electrons. The van der Waals surface area contributed by atoms with Gasteiger partial charge in [0.25, 0.3) is 0 Å². The third-order valence-corrected chi connectivity index (χ3v) is 6.19. The zero-order valence-corrected chi connectivity index (χ0v) is 18.5. The normalized spacial score (nSPS) is 18.7. The van der Waals surface area contributed by atoms with Gasteiger partial charge in [-0.15, -0.1) is 0 Å². The van der Waals surface area contributed by atoms with Crippen LogP contribution in [0.4, 0.5) is 29.6 Å². The van der Waals surface area contributed by atoms with Gasteiger partial charge in [-0.3, -0.25) is 5.32 Å². The first kappa shape index (κ1) is 22.3. The SMILES string of the molecule is COC(=O)Nc1ccc2c(-c3nc(N[C@@H]4CC[C@@H](N)C4)ncc3C(F)(F)F)c[nH]c2c1Br. The van der Waals surface area contributed by atoms with E-state index < -0.39 is 17.8 Å². The van der Waals surface area contributed by atoms with Crippen molar-refractivity contribution >= 4 is 44.6 Å². The lowest BCUT2D eigenvalue weighted by molar-refractivity contribution is -0.137. The molecule has 3 aromatic rings. The first-order valence-corrected chi connectivity index (χ1v) is 10.6. The molecule has 5 N–H and O–H groups in total. The Morgan fingerprint density at radius 1 is 1.34 bits per heavy atom. The first-order valence-electron chi connectivity index (χ1n) is 9.78. The number of amides is 1. The molecular weight excluding hydrogens is 493 g/mol. The fourth-order valence-corrected chi connectivity index (χ4v) is 4.37. The molecule has 32 heavy (non-hydrogen) atoms. The lowest BCUT2D eigenvalue weighted by Gasteiger charge is -2.16. The highest BCUT2D eigenvalue weighted by Gasteiger charge is 2.36. The van der Waals surface area contributed by atoms with Crippen LogP contribution < -0.4 is 16.4 Å². The third-order valence-electron chi connectivity index (χ3n) is 5.37. The molecule has 1 aliphatic rings. The summed E-state index contributed by atoms with van der Waals surface area (Å²) in [6, 6.07) is 3.23. The van der Waals surface area contributed by atoms with E-state index in [0.717, 1.165) is 19.0 Å². The van der Waals surface area contributed by atoms with E-state index in [2.05, 4.69) is 46.3 Å². The summed E-state index contributed by atoms with van der Waals surface area (Å²) in [6.07, 6.45) is -0.730. The van der Waals surface area contributed by atoms with Gasteiger partial charge in [0, 0.05) is 35.4 Å². The maximum atomic E-state index is 13.8. The van der Waals surface area contributed by atoms with Crippen LogP contribution in [0, 0.1) is 0 Å². The minimum absolute atomic E-state index is 0.0126. The monoisotopic (exact) mass is 512 g/mol. The number of nitrogens with zero attached hydrogens (tertiary/aromatic N) is 2. The Kier molecular flexibility index (Phi) is 5.99. The van der Waals surface area contributed by atoms with Crippen LogP contribution in [0.5, 0.6) is 0 Å². The van der Waals surface area contributed by atoms with Gasteiger partial charge in [0.15, 0.2) is 0 Å². The van der Waals surface area contributed by atoms with Gasteiger partial charge in [-0.05, 0) is 41.3 Å². The molecular formula is C20H20BrF3N6O2. The Hall–Kier alpha value is -2.86. The van der Waals surface area contributed by atoms with Gasteiger partial charge in [-0.1, -0.05) is 6.07 Å². The number of fused-ring (bicyclic) bond motifs is 1. The number of hydrogen-bond donors (Lipinski definition) is 4. The summed E-state index contributed by atoms with van der Waals surface area (Å²) < 4.78 is 46.3. The Balaban J connectivity index is 1.77. The molecule has 4 rings (SSSR count). The third kappa shape index (κ3) is 4.37. The van der Waals surface area contributed by atoms with Gasteiger partial charge in [-0.2, -0.15) is 13.2 Å². The molecule has 12 heteroatoms. The molecule has 0 saturated heterocycles. The van der Waals surface area contributed by atoms with Gasteiger partial charge in [0.2, 0.25) is 5.95 Å². The Labute approximate surface area is 189 Å². The number of anilines is 2. The number of benzene rings is 1. The number of H-pyrrole nitrogens is 1. The molecule has 170 valence electrons. The molecule has 0 aliphatic heterocycles. The number of ether oxygens (including phenoxy) is 1. The predicted molar refractivity (Wildman–Crippen MR) is 117 cm³/mol. The van der Waals surface area contributed by atoms with Crippen molar-refractivity contribution in [1.82, 2.24) is 15.0 Å². The Morgan fingerprint density at radius 3 is 2.78 bits per heavy atom. The second-order valence-electron chi connectivity index (χ2n) is 7.54. The van der Waals surface area contributed by atoms with Crippen molar-refractivity contribution < 1.29 is 22.7 Å². The molecule has 0 spiro atoms. The minimum Gasteiger partial charge on any atom is -0.453 e. The van der Waals surface area contributed by atoms with Crippen LogP contribution in [-0.2, 0) is 10.9 Å². The standard InChI is InChI=1S/C20H20BrF3N6O2/c1-32-19(31)29-14-5-4-11-12(7-26-17(11)15(14)21)16-13(20(22,23)24)8-27-18(30-16)28-10-3-2-9(25)6-10/h4-5,7-10,26H,2-3,6,25H2,1H3,(H,29,31)(H,27,28,30)/t9-,10-/m1/s1. The maximum Gasteiger partial charge on any atom is 0.419 e. The van der Waals surface area contributed by atoms with Crippen molar-refractivity contribution in [2.75, 3.05) is 17.7 Å². The number of nitrogens with one attached hydrogen (secondary N) is 3. The fraction of sp³-hybridized carbons (Fsp3) is 0.350. The minimum atomic E-state index is -4.64. The highest BCUT2D eigenvalue weighted by Crippen LogP contribution is 2.41. The van der Waals surface area contributed by atoms with Crippen molar-refractivity contribution in [3.63, 3.8) is 0 Å². The van der Waals surface area contributed by atoms with Crippen LogP contribution in [0.2, 0.25) is 0 Å². The summed E-state index contributed by atoms with van der Waals surface area (Å²) in [5.41, 5.74) is 5.88. The number of halogens is 4. The Morgan fingerprint density at radius 2 is 2.12 bits per heavy atom. The van der Waals surface area contributed by atoms with Crippen LogP contribution in [0.15, 0.2) is 29.0 Å². The summed E-state index contributed by atoms with van der Waals surface area (Å²) >= 11 is 3.38. The summed E-state index contributed by atoms with van der Waals surface area (Å²) in [4.78, 5) is 22.6. The number of aromatic amines is 1. The van der Waals surface area contributed by atoms with E-state index in [1.54, 1.807) is 12.1 Å². The molecule has 0 unspecified atom stereocenters. The van der Waals surface area contributed by atoms with E-state index in [-0.39, 0.29) is 29.3 Å². The molecule has 8 nitrogen and oxygen atoms in total. The van der Waals surface area contributed by atoms with Gasteiger partial charge in [-0.25, -0.2) is 14.8 Å². The Bertz CT molecular complexity index is 1170. The van der Waals surface area contributed by atoms with Gasteiger partial charge >= 0.3 is 12.3 Å². The van der Waals surface area contributed by atoms with Crippen molar-refractivity contribution in [1.29, 1.82) is 0 Å². The number of nitrogens with two attached hydrogens (primary N) is 1. The molecule has 2 atom stereocenters. The fourth-order valence-electron chi connectivity index (χ4n) is 3.81. The van der Waals surface area contributed by atoms with Crippen LogP contribution in [0.25, 0.3) is 22.2 Å². The average Bonchev–Trinajstić information content (AvgIpc) is 3.35. The van der Waals surface area contributed by atoms with Crippen molar-refractivity contribution in [3.05, 3.63) is 34.6 Å². The smallest absolute Gasteiger partial charge is 0.419 e. The van der Waals surface area contributed by atoms with E-state index >= 15 is 0 Å². The number of alkyl halides is 3. The highest BCUT2D eigenvalue weighted by molar-refractivity contribution is 9.10. The zero-order chi connectivity index (χ0) is 23.0. The molecule has 1 fully saturated rings. The first-order chi connectivity index (χ1) is 15.2. The number of methoxy groups -OCH3 is 1. The summed E-state index contributed by atoms with van der Waals surface area (Å²) in [5, 5.41) is 6.13. The van der Waals surface area contributed by atoms with Crippen LogP contribution in [-0.4, -0.2) is 40.2 Å². The number of aromatic nitrogens is 3. The van der Waals surface area contributed by atoms with Crippen LogP contribution in [0.3, 0.4) is 0 Å². The largest absolute Gasteiger partial charge is 0.453 e. The number of carbonyl (C=O) groups is 1. The lowest BCUT2D eigenvalue weighted by Crippen LogP contribution is -2.22. The average molecular weight is 513 g/mol. The van der Waals surface area contributed by atoms with Crippen molar-refractivity contribution in [2.45, 2.75) is 37.5 Å². The zero-order valence-electron chi connectivity index (χ0n) is 16.9. The molecule has 1 amide bonds.